The number of nitrogens with two attached hydrogens (primary N) is 1. The summed E-state index contributed by atoms with van der Waals surface area (Å²) >= 11 is 13.1. The monoisotopic (exact) mass is 287 g/mol. The van der Waals surface area contributed by atoms with Crippen molar-refractivity contribution in [1.82, 2.24) is 0 Å². The highest BCUT2D eigenvalue weighted by Crippen LogP contribution is 2.37. The van der Waals surface area contributed by atoms with Crippen LogP contribution in [0.15, 0.2) is 46.2 Å². The Balaban J connectivity index is 2.33. The van der Waals surface area contributed by atoms with Gasteiger partial charge in [-0.3, -0.25) is 0 Å². The van der Waals surface area contributed by atoms with Crippen LogP contribution in [0.25, 0.3) is 0 Å². The predicted octanol–water partition coefficient (Wildman–Crippen LogP) is 4.87. The first-order valence-corrected chi connectivity index (χ1v) is 6.31. The lowest BCUT2D eigenvalue weighted by Crippen LogP contribution is -1.89. The first-order chi connectivity index (χ1) is 8.06. The van der Waals surface area contributed by atoms with Gasteiger partial charge in [0.15, 0.2) is 0 Å². The van der Waals surface area contributed by atoms with Gasteiger partial charge in [0.05, 0.1) is 10.0 Å². The van der Waals surface area contributed by atoms with E-state index >= 15 is 0 Å². The number of halogens is 3. The maximum absolute atomic E-state index is 13.0. The molecule has 17 heavy (non-hydrogen) atoms. The van der Waals surface area contributed by atoms with Crippen LogP contribution < -0.4 is 5.73 Å². The third-order valence-electron chi connectivity index (χ3n) is 2.08. The minimum atomic E-state index is -0.284. The highest BCUT2D eigenvalue weighted by molar-refractivity contribution is 7.99. The molecule has 0 fully saturated rings. The Bertz CT molecular complexity index is 560. The maximum atomic E-state index is 13.0. The Kier molecular flexibility index (Phi) is 3.82. The van der Waals surface area contributed by atoms with Crippen molar-refractivity contribution in [3.8, 4) is 0 Å². The molecule has 2 rings (SSSR count). The number of hydrogen-bond donors (Lipinski definition) is 1. The van der Waals surface area contributed by atoms with E-state index in [1.807, 2.05) is 0 Å². The summed E-state index contributed by atoms with van der Waals surface area (Å²) in [6.45, 7) is 0. The fraction of sp³-hybridized carbons (Fsp3) is 0. The molecule has 0 unspecified atom stereocenters. The molecule has 0 atom stereocenters. The Morgan fingerprint density at radius 1 is 1.06 bits per heavy atom. The van der Waals surface area contributed by atoms with Gasteiger partial charge in [-0.1, -0.05) is 41.0 Å². The molecular formula is C12H8Cl2FNS. The summed E-state index contributed by atoms with van der Waals surface area (Å²) < 4.78 is 13.0. The quantitative estimate of drug-likeness (QED) is 0.798. The molecule has 0 heterocycles. The topological polar surface area (TPSA) is 26.0 Å². The lowest BCUT2D eigenvalue weighted by molar-refractivity contribution is 0.624. The van der Waals surface area contributed by atoms with Crippen LogP contribution in [0.5, 0.6) is 0 Å². The van der Waals surface area contributed by atoms with Crippen molar-refractivity contribution in [2.24, 2.45) is 0 Å². The van der Waals surface area contributed by atoms with Gasteiger partial charge in [0.25, 0.3) is 0 Å². The van der Waals surface area contributed by atoms with E-state index in [9.17, 15) is 4.39 Å². The van der Waals surface area contributed by atoms with Gasteiger partial charge in [0.2, 0.25) is 0 Å². The Morgan fingerprint density at radius 2 is 1.76 bits per heavy atom. The van der Waals surface area contributed by atoms with Gasteiger partial charge in [-0.15, -0.1) is 0 Å². The van der Waals surface area contributed by atoms with E-state index in [4.69, 9.17) is 28.9 Å². The van der Waals surface area contributed by atoms with Crippen molar-refractivity contribution >= 4 is 40.7 Å². The zero-order valence-electron chi connectivity index (χ0n) is 8.58. The number of rotatable bonds is 2. The zero-order valence-corrected chi connectivity index (χ0v) is 10.9. The van der Waals surface area contributed by atoms with Crippen LogP contribution in [0.2, 0.25) is 10.0 Å². The Labute approximate surface area is 113 Å². The molecule has 0 aliphatic carbocycles. The van der Waals surface area contributed by atoms with E-state index in [-0.39, 0.29) is 5.82 Å². The van der Waals surface area contributed by atoms with E-state index < -0.39 is 0 Å². The average Bonchev–Trinajstić information content (AvgIpc) is 2.26. The minimum absolute atomic E-state index is 0.284. The molecule has 0 saturated heterocycles. The highest BCUT2D eigenvalue weighted by Gasteiger charge is 2.07. The van der Waals surface area contributed by atoms with Gasteiger partial charge in [0.1, 0.15) is 5.82 Å². The van der Waals surface area contributed by atoms with Crippen LogP contribution in [0.3, 0.4) is 0 Å². The summed E-state index contributed by atoms with van der Waals surface area (Å²) in [6, 6.07) is 9.54. The molecular weight excluding hydrogens is 280 g/mol. The van der Waals surface area contributed by atoms with Crippen molar-refractivity contribution in [3.05, 3.63) is 52.3 Å². The van der Waals surface area contributed by atoms with Crippen LogP contribution in [-0.2, 0) is 0 Å². The zero-order chi connectivity index (χ0) is 12.4. The van der Waals surface area contributed by atoms with Crippen molar-refractivity contribution in [2.45, 2.75) is 9.79 Å². The largest absolute Gasteiger partial charge is 0.398 e. The van der Waals surface area contributed by atoms with Crippen LogP contribution in [-0.4, -0.2) is 0 Å². The van der Waals surface area contributed by atoms with E-state index in [1.165, 1.54) is 23.9 Å². The second-order valence-corrected chi connectivity index (χ2v) is 5.29. The first kappa shape index (κ1) is 12.6. The summed E-state index contributed by atoms with van der Waals surface area (Å²) in [7, 11) is 0. The van der Waals surface area contributed by atoms with Gasteiger partial charge >= 0.3 is 0 Å². The standard InChI is InChI=1S/C12H8Cl2FNS/c13-9-5-11(16)12(6-10(9)14)17-8-3-1-2-7(15)4-8/h1-6H,16H2. The van der Waals surface area contributed by atoms with E-state index in [1.54, 1.807) is 24.3 Å². The van der Waals surface area contributed by atoms with E-state index in [0.717, 1.165) is 9.79 Å². The molecule has 0 bridgehead atoms. The number of benzene rings is 2. The SMILES string of the molecule is Nc1cc(Cl)c(Cl)cc1Sc1cccc(F)c1. The second-order valence-electron chi connectivity index (χ2n) is 3.36. The highest BCUT2D eigenvalue weighted by atomic mass is 35.5. The summed E-state index contributed by atoms with van der Waals surface area (Å²) in [5.41, 5.74) is 6.34. The van der Waals surface area contributed by atoms with Crippen LogP contribution in [0.1, 0.15) is 0 Å². The van der Waals surface area contributed by atoms with Crippen LogP contribution >= 0.6 is 35.0 Å². The van der Waals surface area contributed by atoms with Gasteiger partial charge < -0.3 is 5.73 Å². The number of nitrogen functional groups attached to an aromatic ring is 1. The smallest absolute Gasteiger partial charge is 0.124 e. The molecule has 2 aromatic carbocycles. The average molecular weight is 288 g/mol. The minimum Gasteiger partial charge on any atom is -0.398 e. The fourth-order valence-corrected chi connectivity index (χ4v) is 2.62. The third kappa shape index (κ3) is 3.06. The van der Waals surface area contributed by atoms with Crippen molar-refractivity contribution in [2.75, 3.05) is 5.73 Å². The lowest BCUT2D eigenvalue weighted by atomic mass is 10.3. The molecule has 88 valence electrons. The van der Waals surface area contributed by atoms with Gasteiger partial charge in [-0.05, 0) is 30.3 Å². The van der Waals surface area contributed by atoms with Crippen molar-refractivity contribution in [1.29, 1.82) is 0 Å². The van der Waals surface area contributed by atoms with Gasteiger partial charge in [-0.25, -0.2) is 4.39 Å². The second kappa shape index (κ2) is 5.17. The molecule has 0 saturated carbocycles. The molecule has 0 aromatic heterocycles. The molecule has 0 radical (unpaired) electrons. The first-order valence-electron chi connectivity index (χ1n) is 4.74. The Morgan fingerprint density at radius 3 is 2.47 bits per heavy atom. The van der Waals surface area contributed by atoms with Crippen molar-refractivity contribution in [3.63, 3.8) is 0 Å². The maximum Gasteiger partial charge on any atom is 0.124 e. The fourth-order valence-electron chi connectivity index (χ4n) is 1.29. The van der Waals surface area contributed by atoms with E-state index in [2.05, 4.69) is 0 Å². The molecule has 0 amide bonds. The summed E-state index contributed by atoms with van der Waals surface area (Å²) in [4.78, 5) is 1.51. The van der Waals surface area contributed by atoms with E-state index in [0.29, 0.717) is 15.7 Å². The predicted molar refractivity (Wildman–Crippen MR) is 71.4 cm³/mol. The molecule has 0 aliphatic rings. The normalized spacial score (nSPS) is 10.5. The lowest BCUT2D eigenvalue weighted by Gasteiger charge is -2.07. The number of anilines is 1. The molecule has 1 nitrogen and oxygen atoms in total. The van der Waals surface area contributed by atoms with Crippen LogP contribution in [0, 0.1) is 5.82 Å². The number of hydrogen-bond acceptors (Lipinski definition) is 2. The summed E-state index contributed by atoms with van der Waals surface area (Å²) in [5.74, 6) is -0.284. The third-order valence-corrected chi connectivity index (χ3v) is 3.86. The van der Waals surface area contributed by atoms with Gasteiger partial charge in [0, 0.05) is 15.5 Å². The molecule has 0 spiro atoms. The summed E-state index contributed by atoms with van der Waals surface area (Å²) in [5, 5.41) is 0.840. The van der Waals surface area contributed by atoms with Crippen LogP contribution in [0.4, 0.5) is 10.1 Å². The molecule has 2 aromatic rings. The van der Waals surface area contributed by atoms with Gasteiger partial charge in [-0.2, -0.15) is 0 Å². The van der Waals surface area contributed by atoms with Crippen molar-refractivity contribution < 1.29 is 4.39 Å². The summed E-state index contributed by atoms with van der Waals surface area (Å²) in [6.07, 6.45) is 0. The molecule has 5 heteroatoms. The molecule has 0 aliphatic heterocycles. The molecule has 2 N–H and O–H groups in total. The Hall–Kier alpha value is -0.900.